The Labute approximate surface area is 172 Å². The standard InChI is InChI=1S/C19H21ClN4O5/c20-16-7-6-13(9-22-16)8-14(17(21)26)23-18(27)15(10-25)24-19(28)29-11-12-4-2-1-3-5-12/h1-7,9,14-15,25H,8,10-11H2,(H2,21,26)(H,23,27)(H,24,28)/t14-,15+/m1/s1. The van der Waals surface area contributed by atoms with E-state index in [1.54, 1.807) is 30.3 Å². The summed E-state index contributed by atoms with van der Waals surface area (Å²) in [6.45, 7) is -0.694. The normalized spacial score (nSPS) is 12.5. The van der Waals surface area contributed by atoms with Crippen LogP contribution < -0.4 is 16.4 Å². The number of hydrogen-bond donors (Lipinski definition) is 4. The van der Waals surface area contributed by atoms with Gasteiger partial charge in [-0.1, -0.05) is 48.0 Å². The molecule has 0 aliphatic carbocycles. The molecule has 0 saturated heterocycles. The Hall–Kier alpha value is -3.17. The molecule has 154 valence electrons. The number of alkyl carbamates (subject to hydrolysis) is 1. The van der Waals surface area contributed by atoms with Crippen molar-refractivity contribution in [3.05, 3.63) is 64.9 Å². The molecular weight excluding hydrogens is 400 g/mol. The van der Waals surface area contributed by atoms with Gasteiger partial charge in [-0.3, -0.25) is 9.59 Å². The van der Waals surface area contributed by atoms with Crippen LogP contribution in [-0.4, -0.2) is 46.7 Å². The maximum Gasteiger partial charge on any atom is 0.408 e. The number of benzene rings is 1. The first-order valence-electron chi connectivity index (χ1n) is 8.67. The highest BCUT2D eigenvalue weighted by Crippen LogP contribution is 2.08. The van der Waals surface area contributed by atoms with Crippen molar-refractivity contribution in [2.45, 2.75) is 25.1 Å². The molecule has 2 rings (SSSR count). The lowest BCUT2D eigenvalue weighted by Crippen LogP contribution is -2.54. The number of carbonyl (C=O) groups is 3. The van der Waals surface area contributed by atoms with Gasteiger partial charge in [-0.25, -0.2) is 9.78 Å². The minimum atomic E-state index is -1.32. The Bertz CT molecular complexity index is 832. The quantitative estimate of drug-likeness (QED) is 0.436. The number of nitrogens with zero attached hydrogens (tertiary/aromatic N) is 1. The molecule has 9 nitrogen and oxygen atoms in total. The fourth-order valence-electron chi connectivity index (χ4n) is 2.36. The van der Waals surface area contributed by atoms with Crippen LogP contribution in [0.3, 0.4) is 0 Å². The summed E-state index contributed by atoms with van der Waals surface area (Å²) >= 11 is 5.72. The van der Waals surface area contributed by atoms with Crippen molar-refractivity contribution < 1.29 is 24.2 Å². The Morgan fingerprint density at radius 2 is 1.79 bits per heavy atom. The minimum absolute atomic E-state index is 0.0000807. The van der Waals surface area contributed by atoms with E-state index in [4.69, 9.17) is 22.1 Å². The lowest BCUT2D eigenvalue weighted by molar-refractivity contribution is -0.129. The van der Waals surface area contributed by atoms with Gasteiger partial charge in [0.1, 0.15) is 23.8 Å². The van der Waals surface area contributed by atoms with Crippen molar-refractivity contribution in [2.75, 3.05) is 6.61 Å². The first kappa shape index (κ1) is 22.1. The minimum Gasteiger partial charge on any atom is -0.445 e. The SMILES string of the molecule is NC(=O)[C@@H](Cc1ccc(Cl)nc1)NC(=O)[C@H](CO)NC(=O)OCc1ccccc1. The molecule has 5 N–H and O–H groups in total. The third kappa shape index (κ3) is 7.40. The van der Waals surface area contributed by atoms with E-state index in [2.05, 4.69) is 15.6 Å². The molecule has 2 aromatic rings. The number of nitrogens with two attached hydrogens (primary N) is 1. The average Bonchev–Trinajstić information content (AvgIpc) is 2.72. The van der Waals surface area contributed by atoms with Crippen molar-refractivity contribution in [3.63, 3.8) is 0 Å². The molecule has 0 bridgehead atoms. The van der Waals surface area contributed by atoms with Crippen molar-refractivity contribution in [2.24, 2.45) is 5.73 Å². The molecule has 0 aliphatic heterocycles. The zero-order valence-electron chi connectivity index (χ0n) is 15.4. The molecule has 0 fully saturated rings. The molecule has 2 atom stereocenters. The van der Waals surface area contributed by atoms with Crippen LogP contribution in [0.25, 0.3) is 0 Å². The maximum atomic E-state index is 12.4. The van der Waals surface area contributed by atoms with E-state index in [9.17, 15) is 19.5 Å². The number of carbonyl (C=O) groups excluding carboxylic acids is 3. The summed E-state index contributed by atoms with van der Waals surface area (Å²) in [7, 11) is 0. The van der Waals surface area contributed by atoms with Crippen LogP contribution >= 0.6 is 11.6 Å². The van der Waals surface area contributed by atoms with Crippen LogP contribution in [0.1, 0.15) is 11.1 Å². The van der Waals surface area contributed by atoms with E-state index in [-0.39, 0.29) is 18.2 Å². The summed E-state index contributed by atoms with van der Waals surface area (Å²) in [5, 5.41) is 14.4. The summed E-state index contributed by atoms with van der Waals surface area (Å²) in [6.07, 6.45) is 0.634. The molecule has 1 aromatic carbocycles. The molecule has 1 aromatic heterocycles. The molecule has 0 radical (unpaired) electrons. The molecular formula is C19H21ClN4O5. The second-order valence-corrected chi connectivity index (χ2v) is 6.49. The van der Waals surface area contributed by atoms with Gasteiger partial charge in [0, 0.05) is 12.6 Å². The molecule has 0 saturated carbocycles. The third-order valence-corrected chi connectivity index (χ3v) is 4.12. The van der Waals surface area contributed by atoms with Crippen molar-refractivity contribution in [1.29, 1.82) is 0 Å². The number of primary amides is 1. The van der Waals surface area contributed by atoms with E-state index in [1.807, 2.05) is 6.07 Å². The predicted molar refractivity (Wildman–Crippen MR) is 105 cm³/mol. The number of hydrogen-bond acceptors (Lipinski definition) is 6. The summed E-state index contributed by atoms with van der Waals surface area (Å²) in [5.41, 5.74) is 6.72. The van der Waals surface area contributed by atoms with Crippen molar-refractivity contribution >= 4 is 29.5 Å². The van der Waals surface area contributed by atoms with Crippen LogP contribution in [0.2, 0.25) is 5.15 Å². The van der Waals surface area contributed by atoms with Gasteiger partial charge in [-0.05, 0) is 17.2 Å². The van der Waals surface area contributed by atoms with Crippen LogP contribution in [0.4, 0.5) is 4.79 Å². The number of aromatic nitrogens is 1. The van der Waals surface area contributed by atoms with Gasteiger partial charge in [0.05, 0.1) is 6.61 Å². The highest BCUT2D eigenvalue weighted by molar-refractivity contribution is 6.29. The largest absolute Gasteiger partial charge is 0.445 e. The van der Waals surface area contributed by atoms with E-state index < -0.39 is 36.6 Å². The summed E-state index contributed by atoms with van der Waals surface area (Å²) < 4.78 is 5.02. The fraction of sp³-hybridized carbons (Fsp3) is 0.263. The van der Waals surface area contributed by atoms with E-state index in [0.717, 1.165) is 5.56 Å². The van der Waals surface area contributed by atoms with Crippen molar-refractivity contribution in [3.8, 4) is 0 Å². The van der Waals surface area contributed by atoms with Crippen LogP contribution in [-0.2, 0) is 27.4 Å². The van der Waals surface area contributed by atoms with Crippen LogP contribution in [0, 0.1) is 0 Å². The maximum absolute atomic E-state index is 12.4. The summed E-state index contributed by atoms with van der Waals surface area (Å²) in [4.78, 5) is 39.8. The molecule has 10 heteroatoms. The van der Waals surface area contributed by atoms with Gasteiger partial charge in [-0.2, -0.15) is 0 Å². The van der Waals surface area contributed by atoms with E-state index >= 15 is 0 Å². The van der Waals surface area contributed by atoms with Crippen LogP contribution in [0.15, 0.2) is 48.7 Å². The molecule has 3 amide bonds. The Morgan fingerprint density at radius 1 is 1.07 bits per heavy atom. The molecule has 0 spiro atoms. The third-order valence-electron chi connectivity index (χ3n) is 3.89. The van der Waals surface area contributed by atoms with Crippen molar-refractivity contribution in [1.82, 2.24) is 15.6 Å². The number of pyridine rings is 1. The van der Waals surface area contributed by atoms with E-state index in [0.29, 0.717) is 5.56 Å². The number of ether oxygens (including phenoxy) is 1. The first-order valence-corrected chi connectivity index (χ1v) is 9.05. The Kier molecular flexibility index (Phi) is 8.38. The molecule has 0 unspecified atom stereocenters. The number of nitrogens with one attached hydrogen (secondary N) is 2. The first-order chi connectivity index (χ1) is 13.9. The highest BCUT2D eigenvalue weighted by atomic mass is 35.5. The Morgan fingerprint density at radius 3 is 2.38 bits per heavy atom. The average molecular weight is 421 g/mol. The molecule has 0 aliphatic rings. The second kappa shape index (κ2) is 11.0. The number of halogens is 1. The van der Waals surface area contributed by atoms with Crippen LogP contribution in [0.5, 0.6) is 0 Å². The molecule has 29 heavy (non-hydrogen) atoms. The number of amides is 3. The van der Waals surface area contributed by atoms with Gasteiger partial charge >= 0.3 is 6.09 Å². The summed E-state index contributed by atoms with van der Waals surface area (Å²) in [5.74, 6) is -1.56. The number of aliphatic hydroxyl groups excluding tert-OH is 1. The van der Waals surface area contributed by atoms with Gasteiger partial charge in [0.15, 0.2) is 0 Å². The van der Waals surface area contributed by atoms with Gasteiger partial charge in [-0.15, -0.1) is 0 Å². The number of aliphatic hydroxyl groups is 1. The number of rotatable bonds is 9. The van der Waals surface area contributed by atoms with Gasteiger partial charge in [0.25, 0.3) is 0 Å². The lowest BCUT2D eigenvalue weighted by atomic mass is 10.1. The Balaban J connectivity index is 1.91. The smallest absolute Gasteiger partial charge is 0.408 e. The van der Waals surface area contributed by atoms with E-state index in [1.165, 1.54) is 12.3 Å². The second-order valence-electron chi connectivity index (χ2n) is 6.10. The van der Waals surface area contributed by atoms with Gasteiger partial charge in [0.2, 0.25) is 11.8 Å². The fourth-order valence-corrected chi connectivity index (χ4v) is 2.47. The summed E-state index contributed by atoms with van der Waals surface area (Å²) in [6, 6.07) is 9.74. The predicted octanol–water partition coefficient (Wildman–Crippen LogP) is 0.535. The molecule has 1 heterocycles. The highest BCUT2D eigenvalue weighted by Gasteiger charge is 2.26. The van der Waals surface area contributed by atoms with Gasteiger partial charge < -0.3 is 26.2 Å². The topological polar surface area (TPSA) is 144 Å². The monoisotopic (exact) mass is 420 g/mol. The zero-order chi connectivity index (χ0) is 21.2. The zero-order valence-corrected chi connectivity index (χ0v) is 16.1. The lowest BCUT2D eigenvalue weighted by Gasteiger charge is -2.20.